The summed E-state index contributed by atoms with van der Waals surface area (Å²) in [6.45, 7) is 3.91. The molecule has 0 aliphatic rings. The molecular weight excluding hydrogens is 262 g/mol. The van der Waals surface area contributed by atoms with Crippen LogP contribution >= 0.6 is 0 Å². The highest BCUT2D eigenvalue weighted by Gasteiger charge is 2.13. The molecule has 1 aromatic heterocycles. The number of hydrogen-bond donors (Lipinski definition) is 1. The number of benzene rings is 1. The van der Waals surface area contributed by atoms with E-state index in [1.807, 2.05) is 44.2 Å². The van der Waals surface area contributed by atoms with Gasteiger partial charge in [-0.25, -0.2) is 13.1 Å². The lowest BCUT2D eigenvalue weighted by Gasteiger charge is -2.07. The molecule has 0 fully saturated rings. The molecule has 0 spiro atoms. The van der Waals surface area contributed by atoms with Crippen LogP contribution < -0.4 is 4.72 Å². The SMILES string of the molecule is Cc1ccc(CNS(=O)(=O)Cc2ccccc2C)o1. The van der Waals surface area contributed by atoms with Crippen LogP contribution in [-0.2, 0) is 22.3 Å². The van der Waals surface area contributed by atoms with Gasteiger partial charge in [-0.3, -0.25) is 0 Å². The summed E-state index contributed by atoms with van der Waals surface area (Å²) >= 11 is 0. The van der Waals surface area contributed by atoms with Crippen molar-refractivity contribution >= 4 is 10.0 Å². The van der Waals surface area contributed by atoms with Gasteiger partial charge in [-0.15, -0.1) is 0 Å². The van der Waals surface area contributed by atoms with Gasteiger partial charge in [0, 0.05) is 0 Å². The van der Waals surface area contributed by atoms with Crippen molar-refractivity contribution in [1.29, 1.82) is 0 Å². The van der Waals surface area contributed by atoms with E-state index in [0.717, 1.165) is 16.9 Å². The Balaban J connectivity index is 2.01. The van der Waals surface area contributed by atoms with Gasteiger partial charge >= 0.3 is 0 Å². The molecule has 2 rings (SSSR count). The molecule has 0 aliphatic carbocycles. The normalized spacial score (nSPS) is 11.7. The monoisotopic (exact) mass is 279 g/mol. The molecular formula is C14H17NO3S. The summed E-state index contributed by atoms with van der Waals surface area (Å²) in [7, 11) is -3.36. The second kappa shape index (κ2) is 5.59. The Labute approximate surface area is 113 Å². The molecule has 0 aliphatic heterocycles. The molecule has 0 bridgehead atoms. The fraction of sp³-hybridized carbons (Fsp3) is 0.286. The van der Waals surface area contributed by atoms with E-state index in [0.29, 0.717) is 5.76 Å². The largest absolute Gasteiger partial charge is 0.465 e. The zero-order chi connectivity index (χ0) is 13.9. The van der Waals surface area contributed by atoms with Gasteiger partial charge in [-0.1, -0.05) is 24.3 Å². The Bertz CT molecular complexity index is 659. The Morgan fingerprint density at radius 3 is 2.47 bits per heavy atom. The van der Waals surface area contributed by atoms with E-state index in [1.54, 1.807) is 6.07 Å². The smallest absolute Gasteiger partial charge is 0.216 e. The van der Waals surface area contributed by atoms with E-state index < -0.39 is 10.0 Å². The number of aryl methyl sites for hydroxylation is 2. The van der Waals surface area contributed by atoms with Gasteiger partial charge < -0.3 is 4.42 Å². The van der Waals surface area contributed by atoms with Crippen molar-refractivity contribution in [3.05, 3.63) is 59.0 Å². The Morgan fingerprint density at radius 1 is 1.11 bits per heavy atom. The molecule has 5 heteroatoms. The molecule has 4 nitrogen and oxygen atoms in total. The minimum atomic E-state index is -3.36. The molecule has 2 aromatic rings. The fourth-order valence-electron chi connectivity index (χ4n) is 1.79. The number of furan rings is 1. The second-order valence-corrected chi connectivity index (χ2v) is 6.33. The van der Waals surface area contributed by atoms with Gasteiger partial charge in [-0.2, -0.15) is 0 Å². The summed E-state index contributed by atoms with van der Waals surface area (Å²) in [5.41, 5.74) is 1.78. The first-order valence-corrected chi connectivity index (χ1v) is 7.69. The third-order valence-corrected chi connectivity index (χ3v) is 4.14. The minimum Gasteiger partial charge on any atom is -0.465 e. The Kier molecular flexibility index (Phi) is 4.07. The van der Waals surface area contributed by atoms with Crippen molar-refractivity contribution in [2.45, 2.75) is 26.1 Å². The average Bonchev–Trinajstić information content (AvgIpc) is 2.76. The highest BCUT2D eigenvalue weighted by molar-refractivity contribution is 7.88. The Morgan fingerprint density at radius 2 is 1.84 bits per heavy atom. The van der Waals surface area contributed by atoms with Crippen molar-refractivity contribution in [2.24, 2.45) is 0 Å². The molecule has 19 heavy (non-hydrogen) atoms. The first-order valence-electron chi connectivity index (χ1n) is 6.03. The topological polar surface area (TPSA) is 59.3 Å². The number of hydrogen-bond acceptors (Lipinski definition) is 3. The van der Waals surface area contributed by atoms with Crippen LogP contribution in [-0.4, -0.2) is 8.42 Å². The van der Waals surface area contributed by atoms with Gasteiger partial charge in [0.2, 0.25) is 10.0 Å². The van der Waals surface area contributed by atoms with Crippen molar-refractivity contribution < 1.29 is 12.8 Å². The van der Waals surface area contributed by atoms with Crippen molar-refractivity contribution in [3.8, 4) is 0 Å². The van der Waals surface area contributed by atoms with Gasteiger partial charge in [-0.05, 0) is 37.1 Å². The second-order valence-electron chi connectivity index (χ2n) is 4.52. The van der Waals surface area contributed by atoms with Crippen LogP contribution in [0.2, 0.25) is 0 Å². The zero-order valence-corrected chi connectivity index (χ0v) is 11.8. The number of sulfonamides is 1. The lowest BCUT2D eigenvalue weighted by atomic mass is 10.1. The summed E-state index contributed by atoms with van der Waals surface area (Å²) < 4.78 is 31.8. The first-order chi connectivity index (χ1) is 8.96. The summed E-state index contributed by atoms with van der Waals surface area (Å²) in [4.78, 5) is 0. The molecule has 0 saturated heterocycles. The van der Waals surface area contributed by atoms with E-state index >= 15 is 0 Å². The summed E-state index contributed by atoms with van der Waals surface area (Å²) in [5, 5.41) is 0. The lowest BCUT2D eigenvalue weighted by molar-refractivity contribution is 0.475. The summed E-state index contributed by atoms with van der Waals surface area (Å²) in [6, 6.07) is 11.0. The first kappa shape index (κ1) is 13.8. The van der Waals surface area contributed by atoms with Crippen LogP contribution in [0.4, 0.5) is 0 Å². The minimum absolute atomic E-state index is 0.0145. The molecule has 102 valence electrons. The van der Waals surface area contributed by atoms with Crippen LogP contribution in [0.5, 0.6) is 0 Å². The molecule has 0 radical (unpaired) electrons. The quantitative estimate of drug-likeness (QED) is 0.915. The van der Waals surface area contributed by atoms with Crippen LogP contribution in [0.1, 0.15) is 22.6 Å². The van der Waals surface area contributed by atoms with E-state index in [1.165, 1.54) is 0 Å². The van der Waals surface area contributed by atoms with Gasteiger partial charge in [0.1, 0.15) is 11.5 Å². The maximum Gasteiger partial charge on any atom is 0.216 e. The fourth-order valence-corrected chi connectivity index (χ4v) is 2.99. The average molecular weight is 279 g/mol. The van der Waals surface area contributed by atoms with Gasteiger partial charge in [0.15, 0.2) is 0 Å². The summed E-state index contributed by atoms with van der Waals surface area (Å²) in [6.07, 6.45) is 0. The van der Waals surface area contributed by atoms with E-state index in [2.05, 4.69) is 4.72 Å². The predicted molar refractivity (Wildman–Crippen MR) is 74.1 cm³/mol. The third-order valence-electron chi connectivity index (χ3n) is 2.87. The predicted octanol–water partition coefficient (Wildman–Crippen LogP) is 2.52. The van der Waals surface area contributed by atoms with E-state index in [4.69, 9.17) is 4.42 Å². The van der Waals surface area contributed by atoms with E-state index in [9.17, 15) is 8.42 Å². The Hall–Kier alpha value is -1.59. The highest BCUT2D eigenvalue weighted by Crippen LogP contribution is 2.11. The number of nitrogens with one attached hydrogen (secondary N) is 1. The van der Waals surface area contributed by atoms with Gasteiger partial charge in [0.05, 0.1) is 12.3 Å². The molecule has 1 aromatic carbocycles. The molecule has 1 heterocycles. The van der Waals surface area contributed by atoms with Crippen LogP contribution in [0.3, 0.4) is 0 Å². The zero-order valence-electron chi connectivity index (χ0n) is 11.0. The van der Waals surface area contributed by atoms with Crippen LogP contribution in [0.15, 0.2) is 40.8 Å². The third kappa shape index (κ3) is 3.94. The van der Waals surface area contributed by atoms with Crippen LogP contribution in [0, 0.1) is 13.8 Å². The molecule has 1 N–H and O–H groups in total. The van der Waals surface area contributed by atoms with Gasteiger partial charge in [0.25, 0.3) is 0 Å². The standard InChI is InChI=1S/C14H17NO3S/c1-11-5-3-4-6-13(11)10-19(16,17)15-9-14-8-7-12(2)18-14/h3-8,15H,9-10H2,1-2H3. The molecule has 0 amide bonds. The molecule has 0 atom stereocenters. The maximum atomic E-state index is 12.0. The lowest BCUT2D eigenvalue weighted by Crippen LogP contribution is -2.24. The number of rotatable bonds is 5. The van der Waals surface area contributed by atoms with E-state index in [-0.39, 0.29) is 12.3 Å². The van der Waals surface area contributed by atoms with Crippen LogP contribution in [0.25, 0.3) is 0 Å². The summed E-state index contributed by atoms with van der Waals surface area (Å²) in [5.74, 6) is 1.37. The van der Waals surface area contributed by atoms with Crippen molar-refractivity contribution in [1.82, 2.24) is 4.72 Å². The van der Waals surface area contributed by atoms with Crippen molar-refractivity contribution in [3.63, 3.8) is 0 Å². The molecule has 0 unspecified atom stereocenters. The maximum absolute atomic E-state index is 12.0. The van der Waals surface area contributed by atoms with Crippen molar-refractivity contribution in [2.75, 3.05) is 0 Å². The highest BCUT2D eigenvalue weighted by atomic mass is 32.2. The molecule has 0 saturated carbocycles.